The minimum atomic E-state index is -0.807. The Hall–Kier alpha value is -1.06. The molecule has 3 fully saturated rings. The van der Waals surface area contributed by atoms with E-state index in [0.717, 1.165) is 12.8 Å². The molecule has 4 nitrogen and oxygen atoms in total. The van der Waals surface area contributed by atoms with Gasteiger partial charge in [0.2, 0.25) is 5.91 Å². The molecular formula is C13H19NO3. The van der Waals surface area contributed by atoms with Crippen LogP contribution < -0.4 is 0 Å². The summed E-state index contributed by atoms with van der Waals surface area (Å²) in [6.07, 6.45) is 5.21. The van der Waals surface area contributed by atoms with E-state index in [-0.39, 0.29) is 11.8 Å². The van der Waals surface area contributed by atoms with Crippen molar-refractivity contribution in [2.75, 3.05) is 0 Å². The molecule has 0 aromatic heterocycles. The fourth-order valence-corrected chi connectivity index (χ4v) is 2.80. The van der Waals surface area contributed by atoms with Crippen molar-refractivity contribution in [2.45, 2.75) is 51.1 Å². The van der Waals surface area contributed by atoms with Gasteiger partial charge in [0.05, 0.1) is 11.8 Å². The van der Waals surface area contributed by atoms with Crippen molar-refractivity contribution in [3.8, 4) is 0 Å². The van der Waals surface area contributed by atoms with Crippen molar-refractivity contribution < 1.29 is 14.7 Å². The first-order valence-corrected chi connectivity index (χ1v) is 6.64. The van der Waals surface area contributed by atoms with Gasteiger partial charge in [-0.15, -0.1) is 0 Å². The number of carboxylic acids is 1. The molecule has 0 saturated heterocycles. The van der Waals surface area contributed by atoms with E-state index in [2.05, 4.69) is 6.92 Å². The predicted molar refractivity (Wildman–Crippen MR) is 61.3 cm³/mol. The van der Waals surface area contributed by atoms with Gasteiger partial charge in [-0.3, -0.25) is 9.59 Å². The van der Waals surface area contributed by atoms with Crippen molar-refractivity contribution in [1.82, 2.24) is 4.90 Å². The summed E-state index contributed by atoms with van der Waals surface area (Å²) in [6.45, 7) is 2.13. The van der Waals surface area contributed by atoms with Gasteiger partial charge in [0.25, 0.3) is 0 Å². The van der Waals surface area contributed by atoms with Crippen molar-refractivity contribution in [3.63, 3.8) is 0 Å². The molecule has 0 heterocycles. The highest BCUT2D eigenvalue weighted by molar-refractivity contribution is 5.90. The first-order chi connectivity index (χ1) is 8.09. The van der Waals surface area contributed by atoms with Crippen LogP contribution in [-0.2, 0) is 9.59 Å². The van der Waals surface area contributed by atoms with Crippen LogP contribution in [0.3, 0.4) is 0 Å². The van der Waals surface area contributed by atoms with Crippen molar-refractivity contribution in [1.29, 1.82) is 0 Å². The number of carbonyl (C=O) groups is 2. The molecule has 0 aromatic rings. The molecule has 17 heavy (non-hydrogen) atoms. The Morgan fingerprint density at radius 2 is 1.82 bits per heavy atom. The lowest BCUT2D eigenvalue weighted by Gasteiger charge is -2.29. The molecule has 0 aliphatic heterocycles. The first kappa shape index (κ1) is 11.1. The van der Waals surface area contributed by atoms with Crippen molar-refractivity contribution >= 4 is 11.9 Å². The molecule has 3 aliphatic carbocycles. The molecule has 94 valence electrons. The Morgan fingerprint density at radius 3 is 2.24 bits per heavy atom. The van der Waals surface area contributed by atoms with Crippen LogP contribution in [0.1, 0.15) is 39.0 Å². The zero-order chi connectivity index (χ0) is 12.2. The molecule has 3 saturated carbocycles. The lowest BCUT2D eigenvalue weighted by molar-refractivity contribution is -0.143. The van der Waals surface area contributed by atoms with Crippen LogP contribution in [0.2, 0.25) is 0 Å². The van der Waals surface area contributed by atoms with Gasteiger partial charge >= 0.3 is 5.97 Å². The van der Waals surface area contributed by atoms with E-state index in [1.807, 2.05) is 4.90 Å². The Morgan fingerprint density at radius 1 is 1.18 bits per heavy atom. The summed E-state index contributed by atoms with van der Waals surface area (Å²) in [5.41, 5.74) is 0. The van der Waals surface area contributed by atoms with E-state index in [9.17, 15) is 9.59 Å². The highest BCUT2D eigenvalue weighted by atomic mass is 16.4. The summed E-state index contributed by atoms with van der Waals surface area (Å²) >= 11 is 0. The van der Waals surface area contributed by atoms with Crippen LogP contribution in [0.15, 0.2) is 0 Å². The van der Waals surface area contributed by atoms with Gasteiger partial charge in [-0.25, -0.2) is 0 Å². The fraction of sp³-hybridized carbons (Fsp3) is 0.846. The van der Waals surface area contributed by atoms with Crippen LogP contribution >= 0.6 is 0 Å². The molecule has 0 aromatic carbocycles. The quantitative estimate of drug-likeness (QED) is 0.788. The summed E-state index contributed by atoms with van der Waals surface area (Å²) in [5.74, 6) is -0.663. The van der Waals surface area contributed by atoms with Crippen LogP contribution in [0.5, 0.6) is 0 Å². The minimum absolute atomic E-state index is 0.110. The van der Waals surface area contributed by atoms with Gasteiger partial charge in [-0.2, -0.15) is 0 Å². The first-order valence-electron chi connectivity index (χ1n) is 6.64. The third-order valence-electron chi connectivity index (χ3n) is 4.36. The molecular weight excluding hydrogens is 218 g/mol. The molecule has 3 aliphatic rings. The van der Waals surface area contributed by atoms with E-state index in [0.29, 0.717) is 24.4 Å². The highest BCUT2D eigenvalue weighted by Gasteiger charge is 2.53. The summed E-state index contributed by atoms with van der Waals surface area (Å²) in [4.78, 5) is 25.2. The summed E-state index contributed by atoms with van der Waals surface area (Å²) in [7, 11) is 0. The topological polar surface area (TPSA) is 57.6 Å². The van der Waals surface area contributed by atoms with Crippen LogP contribution in [0, 0.1) is 17.8 Å². The molecule has 0 bridgehead atoms. The number of aliphatic carboxylic acids is 1. The number of rotatable bonds is 5. The van der Waals surface area contributed by atoms with E-state index >= 15 is 0 Å². The normalized spacial score (nSPS) is 33.0. The zero-order valence-electron chi connectivity index (χ0n) is 10.1. The maximum absolute atomic E-state index is 12.3. The molecule has 0 radical (unpaired) electrons. The Bertz CT molecular complexity index is 360. The lowest BCUT2D eigenvalue weighted by atomic mass is 10.1. The van der Waals surface area contributed by atoms with E-state index in [4.69, 9.17) is 5.11 Å². The number of carbonyl (C=O) groups excluding carboxylic acids is 1. The Kier molecular flexibility index (Phi) is 2.42. The Balaban J connectivity index is 1.67. The maximum atomic E-state index is 12.3. The number of nitrogens with zero attached hydrogens (tertiary/aromatic N) is 1. The molecule has 3 unspecified atom stereocenters. The molecule has 4 heteroatoms. The van der Waals surface area contributed by atoms with E-state index < -0.39 is 11.9 Å². The smallest absolute Gasteiger partial charge is 0.307 e. The summed E-state index contributed by atoms with van der Waals surface area (Å²) in [5, 5.41) is 8.90. The molecule has 1 amide bonds. The average molecular weight is 237 g/mol. The second-order valence-electron chi connectivity index (χ2n) is 5.84. The van der Waals surface area contributed by atoms with Gasteiger partial charge < -0.3 is 10.0 Å². The SMILES string of the molecule is CC(C1CC1)N(C(=O)C1CC1C(=O)O)C1CC1. The third kappa shape index (κ3) is 2.05. The number of amides is 1. The average Bonchev–Trinajstić information content (AvgIpc) is 3.15. The van der Waals surface area contributed by atoms with Gasteiger partial charge in [-0.05, 0) is 44.9 Å². The fourth-order valence-electron chi connectivity index (χ4n) is 2.80. The monoisotopic (exact) mass is 237 g/mol. The second-order valence-corrected chi connectivity index (χ2v) is 5.84. The lowest BCUT2D eigenvalue weighted by Crippen LogP contribution is -2.43. The van der Waals surface area contributed by atoms with Gasteiger partial charge in [0.15, 0.2) is 0 Å². The van der Waals surface area contributed by atoms with Gasteiger partial charge in [0.1, 0.15) is 0 Å². The maximum Gasteiger partial charge on any atom is 0.307 e. The van der Waals surface area contributed by atoms with Gasteiger partial charge in [0, 0.05) is 12.1 Å². The van der Waals surface area contributed by atoms with Crippen LogP contribution in [-0.4, -0.2) is 34.0 Å². The van der Waals surface area contributed by atoms with Crippen molar-refractivity contribution in [2.24, 2.45) is 17.8 Å². The second kappa shape index (κ2) is 3.72. The molecule has 0 spiro atoms. The molecule has 3 atom stereocenters. The number of hydrogen-bond acceptors (Lipinski definition) is 2. The van der Waals surface area contributed by atoms with Crippen LogP contribution in [0.25, 0.3) is 0 Å². The molecule has 3 rings (SSSR count). The largest absolute Gasteiger partial charge is 0.481 e. The number of carboxylic acid groups (broad SMARTS) is 1. The highest BCUT2D eigenvalue weighted by Crippen LogP contribution is 2.45. The Labute approximate surface area is 101 Å². The van der Waals surface area contributed by atoms with Crippen molar-refractivity contribution in [3.05, 3.63) is 0 Å². The summed E-state index contributed by atoms with van der Waals surface area (Å²) < 4.78 is 0. The molecule has 1 N–H and O–H groups in total. The summed E-state index contributed by atoms with van der Waals surface area (Å²) in [6, 6.07) is 0.734. The predicted octanol–water partition coefficient (Wildman–Crippen LogP) is 1.50. The minimum Gasteiger partial charge on any atom is -0.481 e. The van der Waals surface area contributed by atoms with E-state index in [1.54, 1.807) is 0 Å². The van der Waals surface area contributed by atoms with Crippen LogP contribution in [0.4, 0.5) is 0 Å². The van der Waals surface area contributed by atoms with Gasteiger partial charge in [-0.1, -0.05) is 0 Å². The van der Waals surface area contributed by atoms with E-state index in [1.165, 1.54) is 12.8 Å². The standard InChI is InChI=1S/C13H19NO3/c1-7(8-2-3-8)14(9-4-5-9)12(15)10-6-11(10)13(16)17/h7-11H,2-6H2,1H3,(H,16,17). The zero-order valence-corrected chi connectivity index (χ0v) is 10.1. The third-order valence-corrected chi connectivity index (χ3v) is 4.36. The number of hydrogen-bond donors (Lipinski definition) is 1.